The van der Waals surface area contributed by atoms with Crippen LogP contribution >= 0.6 is 0 Å². The minimum absolute atomic E-state index is 0.144. The lowest BCUT2D eigenvalue weighted by atomic mass is 9.97. The number of hydrogen-bond acceptors (Lipinski definition) is 3. The van der Waals surface area contributed by atoms with E-state index in [1.165, 1.54) is 0 Å². The second-order valence-corrected chi connectivity index (χ2v) is 6.55. The van der Waals surface area contributed by atoms with E-state index in [1.54, 1.807) is 22.5 Å². The minimum Gasteiger partial charge on any atom is -0.320 e. The second-order valence-electron chi connectivity index (χ2n) is 6.55. The third-order valence-corrected chi connectivity index (χ3v) is 4.90. The molecule has 0 fully saturated rings. The standard InChI is InChI=1S/C21H19N3O3/c25-20(23-27)16-8-9-17-13-24(11-10-15(17)12-16)21(26)22-19-7-3-5-14-4-1-2-6-18(14)19/h1-9,12,27H,10-11,13H2,(H,22,26)(H,23,25). The smallest absolute Gasteiger partial charge is 0.320 e. The number of carbonyl (C=O) groups excluding carboxylic acids is 2. The zero-order valence-corrected chi connectivity index (χ0v) is 14.6. The summed E-state index contributed by atoms with van der Waals surface area (Å²) in [7, 11) is 0. The van der Waals surface area contributed by atoms with Gasteiger partial charge in [-0.1, -0.05) is 42.5 Å². The van der Waals surface area contributed by atoms with Gasteiger partial charge in [-0.3, -0.25) is 10.0 Å². The Balaban J connectivity index is 1.52. The van der Waals surface area contributed by atoms with Crippen LogP contribution in [0.3, 0.4) is 0 Å². The number of amides is 3. The van der Waals surface area contributed by atoms with Crippen LogP contribution in [0.2, 0.25) is 0 Å². The Hall–Kier alpha value is -3.38. The summed E-state index contributed by atoms with van der Waals surface area (Å²) < 4.78 is 0. The highest BCUT2D eigenvalue weighted by molar-refractivity contribution is 6.01. The molecule has 6 nitrogen and oxygen atoms in total. The molecule has 4 rings (SSSR count). The number of benzene rings is 3. The Morgan fingerprint density at radius 2 is 1.78 bits per heavy atom. The molecule has 3 aromatic carbocycles. The Kier molecular flexibility index (Phi) is 4.48. The van der Waals surface area contributed by atoms with Crippen molar-refractivity contribution in [1.29, 1.82) is 0 Å². The van der Waals surface area contributed by atoms with Crippen LogP contribution in [-0.2, 0) is 13.0 Å². The molecular formula is C21H19N3O3. The molecule has 0 saturated carbocycles. The third-order valence-electron chi connectivity index (χ3n) is 4.90. The second kappa shape index (κ2) is 7.09. The molecule has 0 spiro atoms. The largest absolute Gasteiger partial charge is 0.322 e. The Morgan fingerprint density at radius 1 is 0.963 bits per heavy atom. The maximum atomic E-state index is 12.8. The number of anilines is 1. The Labute approximate surface area is 156 Å². The van der Waals surface area contributed by atoms with Gasteiger partial charge in [-0.05, 0) is 41.1 Å². The molecule has 0 radical (unpaired) electrons. The predicted molar refractivity (Wildman–Crippen MR) is 103 cm³/mol. The van der Waals surface area contributed by atoms with Crippen molar-refractivity contribution >= 4 is 28.4 Å². The van der Waals surface area contributed by atoms with Crippen molar-refractivity contribution in [3.05, 3.63) is 77.4 Å². The summed E-state index contributed by atoms with van der Waals surface area (Å²) in [5.74, 6) is -0.533. The minimum atomic E-state index is -0.533. The van der Waals surface area contributed by atoms with E-state index in [0.29, 0.717) is 25.1 Å². The first-order chi connectivity index (χ1) is 13.2. The molecule has 3 aromatic rings. The van der Waals surface area contributed by atoms with Gasteiger partial charge in [-0.25, -0.2) is 10.3 Å². The van der Waals surface area contributed by atoms with Gasteiger partial charge in [0.05, 0.1) is 5.69 Å². The molecule has 1 aliphatic heterocycles. The summed E-state index contributed by atoms with van der Waals surface area (Å²) in [6.07, 6.45) is 0.658. The molecule has 0 saturated heterocycles. The first kappa shape index (κ1) is 17.1. The molecule has 0 unspecified atom stereocenters. The number of hydrogen-bond donors (Lipinski definition) is 3. The number of hydroxylamine groups is 1. The molecule has 3 amide bonds. The summed E-state index contributed by atoms with van der Waals surface area (Å²) >= 11 is 0. The maximum absolute atomic E-state index is 12.8. The van der Waals surface area contributed by atoms with E-state index in [-0.39, 0.29) is 6.03 Å². The van der Waals surface area contributed by atoms with Crippen molar-refractivity contribution in [1.82, 2.24) is 10.4 Å². The van der Waals surface area contributed by atoms with Crippen LogP contribution in [0.25, 0.3) is 10.8 Å². The highest BCUT2D eigenvalue weighted by Gasteiger charge is 2.22. The molecule has 1 heterocycles. The summed E-state index contributed by atoms with van der Waals surface area (Å²) in [6.45, 7) is 1.04. The lowest BCUT2D eigenvalue weighted by Crippen LogP contribution is -2.39. The van der Waals surface area contributed by atoms with Crippen molar-refractivity contribution < 1.29 is 14.8 Å². The van der Waals surface area contributed by atoms with Gasteiger partial charge >= 0.3 is 6.03 Å². The summed E-state index contributed by atoms with van der Waals surface area (Å²) in [4.78, 5) is 26.1. The van der Waals surface area contributed by atoms with Crippen LogP contribution in [0.15, 0.2) is 60.7 Å². The van der Waals surface area contributed by atoms with Crippen molar-refractivity contribution in [2.45, 2.75) is 13.0 Å². The Morgan fingerprint density at radius 3 is 2.63 bits per heavy atom. The average Bonchev–Trinajstić information content (AvgIpc) is 2.72. The van der Waals surface area contributed by atoms with E-state index in [1.807, 2.05) is 48.5 Å². The van der Waals surface area contributed by atoms with Gasteiger partial charge in [-0.2, -0.15) is 0 Å². The van der Waals surface area contributed by atoms with Crippen LogP contribution < -0.4 is 10.8 Å². The fraction of sp³-hybridized carbons (Fsp3) is 0.143. The number of urea groups is 1. The van der Waals surface area contributed by atoms with Gasteiger partial charge in [-0.15, -0.1) is 0 Å². The normalized spacial score (nSPS) is 13.1. The van der Waals surface area contributed by atoms with Gasteiger partial charge < -0.3 is 10.2 Å². The predicted octanol–water partition coefficient (Wildman–Crippen LogP) is 3.55. The monoisotopic (exact) mass is 361 g/mol. The topological polar surface area (TPSA) is 81.7 Å². The van der Waals surface area contributed by atoms with Crippen molar-refractivity contribution in [3.8, 4) is 0 Å². The van der Waals surface area contributed by atoms with Crippen molar-refractivity contribution in [3.63, 3.8) is 0 Å². The number of fused-ring (bicyclic) bond motifs is 2. The van der Waals surface area contributed by atoms with E-state index in [4.69, 9.17) is 5.21 Å². The first-order valence-electron chi connectivity index (χ1n) is 8.75. The van der Waals surface area contributed by atoms with E-state index in [0.717, 1.165) is 27.6 Å². The first-order valence-corrected chi connectivity index (χ1v) is 8.75. The molecular weight excluding hydrogens is 342 g/mol. The third kappa shape index (κ3) is 3.35. The molecule has 0 aromatic heterocycles. The van der Waals surface area contributed by atoms with Crippen LogP contribution in [-0.4, -0.2) is 28.6 Å². The van der Waals surface area contributed by atoms with Crippen LogP contribution in [0, 0.1) is 0 Å². The van der Waals surface area contributed by atoms with Gasteiger partial charge in [0.1, 0.15) is 0 Å². The van der Waals surface area contributed by atoms with E-state index >= 15 is 0 Å². The number of nitrogens with one attached hydrogen (secondary N) is 2. The molecule has 6 heteroatoms. The zero-order chi connectivity index (χ0) is 18.8. The molecule has 0 bridgehead atoms. The average molecular weight is 361 g/mol. The van der Waals surface area contributed by atoms with Crippen LogP contribution in [0.4, 0.5) is 10.5 Å². The lowest BCUT2D eigenvalue weighted by Gasteiger charge is -2.29. The number of rotatable bonds is 2. The van der Waals surface area contributed by atoms with E-state index in [2.05, 4.69) is 5.32 Å². The quantitative estimate of drug-likeness (QED) is 0.482. The molecule has 0 aliphatic carbocycles. The molecule has 1 aliphatic rings. The summed E-state index contributed by atoms with van der Waals surface area (Å²) in [6, 6.07) is 18.9. The highest BCUT2D eigenvalue weighted by atomic mass is 16.5. The van der Waals surface area contributed by atoms with Crippen LogP contribution in [0.1, 0.15) is 21.5 Å². The van der Waals surface area contributed by atoms with Gasteiger partial charge in [0.25, 0.3) is 5.91 Å². The van der Waals surface area contributed by atoms with Crippen LogP contribution in [0.5, 0.6) is 0 Å². The van der Waals surface area contributed by atoms with Crippen molar-refractivity contribution in [2.75, 3.05) is 11.9 Å². The fourth-order valence-corrected chi connectivity index (χ4v) is 3.46. The lowest BCUT2D eigenvalue weighted by molar-refractivity contribution is 0.0706. The van der Waals surface area contributed by atoms with Gasteiger partial charge in [0.15, 0.2) is 0 Å². The number of carbonyl (C=O) groups is 2. The molecule has 0 atom stereocenters. The summed E-state index contributed by atoms with van der Waals surface area (Å²) in [5.41, 5.74) is 4.86. The molecule has 27 heavy (non-hydrogen) atoms. The molecule has 3 N–H and O–H groups in total. The molecule has 136 valence electrons. The van der Waals surface area contributed by atoms with E-state index < -0.39 is 5.91 Å². The highest BCUT2D eigenvalue weighted by Crippen LogP contribution is 2.25. The Bertz CT molecular complexity index is 1030. The number of nitrogens with zero attached hydrogens (tertiary/aromatic N) is 1. The van der Waals surface area contributed by atoms with Gasteiger partial charge in [0.2, 0.25) is 0 Å². The fourth-order valence-electron chi connectivity index (χ4n) is 3.46. The summed E-state index contributed by atoms with van der Waals surface area (Å²) in [5, 5.41) is 13.9. The zero-order valence-electron chi connectivity index (χ0n) is 14.6. The van der Waals surface area contributed by atoms with Gasteiger partial charge in [0, 0.05) is 24.0 Å². The maximum Gasteiger partial charge on any atom is 0.322 e. The van der Waals surface area contributed by atoms with E-state index in [9.17, 15) is 9.59 Å². The SMILES string of the molecule is O=C(NO)c1ccc2c(c1)CCN(C(=O)Nc1cccc3ccccc13)C2. The van der Waals surface area contributed by atoms with Crippen molar-refractivity contribution in [2.24, 2.45) is 0 Å².